The predicted octanol–water partition coefficient (Wildman–Crippen LogP) is 4.95. The van der Waals surface area contributed by atoms with Gasteiger partial charge < -0.3 is 10.1 Å². The minimum Gasteiger partial charge on any atom is -0.489 e. The van der Waals surface area contributed by atoms with Gasteiger partial charge in [0, 0.05) is 16.9 Å². The first kappa shape index (κ1) is 20.4. The average molecular weight is 419 g/mol. The zero-order chi connectivity index (χ0) is 20.7. The Bertz CT molecular complexity index is 936. The molecule has 0 aliphatic heterocycles. The van der Waals surface area contributed by atoms with Crippen LogP contribution in [-0.2, 0) is 0 Å². The molecule has 1 aromatic carbocycles. The molecule has 0 saturated heterocycles. The van der Waals surface area contributed by atoms with E-state index < -0.39 is 0 Å². The van der Waals surface area contributed by atoms with E-state index in [0.717, 1.165) is 0 Å². The van der Waals surface area contributed by atoms with Gasteiger partial charge in [0.05, 0.1) is 11.6 Å². The zero-order valence-electron chi connectivity index (χ0n) is 16.0. The normalized spacial score (nSPS) is 21.9. The van der Waals surface area contributed by atoms with Gasteiger partial charge in [-0.05, 0) is 24.3 Å². The lowest BCUT2D eigenvalue weighted by molar-refractivity contribution is -0.164. The maximum absolute atomic E-state index is 12.6. The van der Waals surface area contributed by atoms with Gasteiger partial charge in [-0.25, -0.2) is 4.85 Å². The molecule has 146 valence electrons. The molecule has 1 fully saturated rings. The van der Waals surface area contributed by atoms with E-state index in [9.17, 15) is 4.79 Å². The summed E-state index contributed by atoms with van der Waals surface area (Å²) < 4.78 is 6.21. The van der Waals surface area contributed by atoms with Crippen molar-refractivity contribution in [1.82, 2.24) is 15.5 Å². The van der Waals surface area contributed by atoms with E-state index >= 15 is 0 Å². The van der Waals surface area contributed by atoms with Crippen molar-refractivity contribution in [2.75, 3.05) is 0 Å². The van der Waals surface area contributed by atoms with E-state index in [1.165, 1.54) is 12.1 Å². The van der Waals surface area contributed by atoms with Crippen LogP contribution in [0.15, 0.2) is 30.3 Å². The highest BCUT2D eigenvalue weighted by molar-refractivity contribution is 6.33. The number of ether oxygens (including phenoxy) is 1. The maximum atomic E-state index is 12.6. The fourth-order valence-corrected chi connectivity index (χ4v) is 4.54. The van der Waals surface area contributed by atoms with Gasteiger partial charge in [-0.3, -0.25) is 4.79 Å². The smallest absolute Gasteiger partial charge is 0.272 e. The average Bonchev–Trinajstić information content (AvgIpc) is 2.64. The first-order valence-corrected chi connectivity index (χ1v) is 9.46. The first-order chi connectivity index (χ1) is 13.1. The third kappa shape index (κ3) is 3.52. The van der Waals surface area contributed by atoms with Crippen molar-refractivity contribution < 1.29 is 9.53 Å². The van der Waals surface area contributed by atoms with Crippen LogP contribution >= 0.6 is 23.2 Å². The van der Waals surface area contributed by atoms with Crippen LogP contribution in [0.25, 0.3) is 4.85 Å². The Kier molecular flexibility index (Phi) is 5.26. The fourth-order valence-electron chi connectivity index (χ4n) is 4.23. The van der Waals surface area contributed by atoms with Gasteiger partial charge in [0.25, 0.3) is 5.91 Å². The fraction of sp³-hybridized carbons (Fsp3) is 0.400. The second kappa shape index (κ2) is 7.23. The molecule has 0 atom stereocenters. The van der Waals surface area contributed by atoms with Gasteiger partial charge in [-0.15, -0.1) is 10.2 Å². The number of halogens is 2. The highest BCUT2D eigenvalue weighted by atomic mass is 35.5. The number of carbonyl (C=O) groups is 1. The van der Waals surface area contributed by atoms with E-state index in [1.54, 1.807) is 18.2 Å². The molecule has 1 heterocycles. The summed E-state index contributed by atoms with van der Waals surface area (Å²) in [6.45, 7) is 15.2. The standard InChI is InChI=1S/C20H20Cl2N4O2/c1-19(2)17(24-16(27)14-8-9-15(22)26-25-14)20(3,4)18(19)28-11-6-7-13(23-5)12(21)10-11/h6-10,17-18H,1-4H3,(H,24,27). The van der Waals surface area contributed by atoms with Gasteiger partial charge in [0.2, 0.25) is 5.69 Å². The molecule has 3 rings (SSSR count). The molecule has 0 bridgehead atoms. The molecular formula is C20H20Cl2N4O2. The van der Waals surface area contributed by atoms with Crippen LogP contribution in [0.1, 0.15) is 38.2 Å². The number of carbonyl (C=O) groups excluding carboxylic acids is 1. The summed E-state index contributed by atoms with van der Waals surface area (Å²) in [5.74, 6) is 0.287. The quantitative estimate of drug-likeness (QED) is 0.713. The number of rotatable bonds is 4. The van der Waals surface area contributed by atoms with Gasteiger partial charge in [-0.1, -0.05) is 57.0 Å². The predicted molar refractivity (Wildman–Crippen MR) is 108 cm³/mol. The summed E-state index contributed by atoms with van der Waals surface area (Å²) in [6.07, 6.45) is -0.170. The summed E-state index contributed by atoms with van der Waals surface area (Å²) in [6, 6.07) is 7.95. The SMILES string of the molecule is [C-]#[N+]c1ccc(OC2C(C)(C)C(NC(=O)c3ccc(Cl)nn3)C2(C)C)cc1Cl. The monoisotopic (exact) mass is 418 g/mol. The van der Waals surface area contributed by atoms with Crippen LogP contribution < -0.4 is 10.1 Å². The second-order valence-electron chi connectivity index (χ2n) is 8.01. The molecule has 2 aromatic rings. The van der Waals surface area contributed by atoms with Gasteiger partial charge in [0.1, 0.15) is 11.9 Å². The molecule has 8 heteroatoms. The number of nitrogens with one attached hydrogen (secondary N) is 1. The molecule has 0 radical (unpaired) electrons. The Morgan fingerprint density at radius 2 is 1.82 bits per heavy atom. The summed E-state index contributed by atoms with van der Waals surface area (Å²) in [4.78, 5) is 15.9. The van der Waals surface area contributed by atoms with E-state index in [2.05, 4.69) is 20.4 Å². The summed E-state index contributed by atoms with van der Waals surface area (Å²) >= 11 is 11.8. The second-order valence-corrected chi connectivity index (χ2v) is 8.81. The van der Waals surface area contributed by atoms with Crippen molar-refractivity contribution in [2.45, 2.75) is 39.8 Å². The molecule has 1 saturated carbocycles. The van der Waals surface area contributed by atoms with Crippen molar-refractivity contribution in [3.05, 3.63) is 57.6 Å². The van der Waals surface area contributed by atoms with Gasteiger partial charge in [-0.2, -0.15) is 0 Å². The molecule has 0 unspecified atom stereocenters. The van der Waals surface area contributed by atoms with Crippen molar-refractivity contribution in [1.29, 1.82) is 0 Å². The Hall–Kier alpha value is -2.36. The van der Waals surface area contributed by atoms with E-state index in [4.69, 9.17) is 34.5 Å². The van der Waals surface area contributed by atoms with Crippen LogP contribution in [-0.4, -0.2) is 28.3 Å². The number of amides is 1. The largest absolute Gasteiger partial charge is 0.489 e. The lowest BCUT2D eigenvalue weighted by Crippen LogP contribution is -2.74. The summed E-state index contributed by atoms with van der Waals surface area (Å²) in [5, 5.41) is 11.2. The van der Waals surface area contributed by atoms with Crippen molar-refractivity contribution in [3.8, 4) is 5.75 Å². The Morgan fingerprint density at radius 1 is 1.14 bits per heavy atom. The molecule has 0 spiro atoms. The number of aromatic nitrogens is 2. The van der Waals surface area contributed by atoms with Crippen LogP contribution in [0.3, 0.4) is 0 Å². The maximum Gasteiger partial charge on any atom is 0.272 e. The number of hydrogen-bond donors (Lipinski definition) is 1. The Balaban J connectivity index is 1.76. The lowest BCUT2D eigenvalue weighted by Gasteiger charge is -2.63. The third-order valence-corrected chi connectivity index (χ3v) is 5.78. The highest BCUT2D eigenvalue weighted by Gasteiger charge is 2.64. The van der Waals surface area contributed by atoms with Crippen molar-refractivity contribution in [2.24, 2.45) is 10.8 Å². The van der Waals surface area contributed by atoms with Crippen LogP contribution in [0.2, 0.25) is 10.2 Å². The van der Waals surface area contributed by atoms with E-state index in [-0.39, 0.29) is 39.7 Å². The van der Waals surface area contributed by atoms with Crippen LogP contribution in [0.5, 0.6) is 5.75 Å². The summed E-state index contributed by atoms with van der Waals surface area (Å²) in [5.41, 5.74) is -0.0919. The minimum absolute atomic E-state index is 0.145. The number of hydrogen-bond acceptors (Lipinski definition) is 4. The molecule has 1 aliphatic carbocycles. The molecule has 6 nitrogen and oxygen atoms in total. The van der Waals surface area contributed by atoms with Gasteiger partial charge >= 0.3 is 0 Å². The Labute approximate surface area is 174 Å². The van der Waals surface area contributed by atoms with Crippen LogP contribution in [0, 0.1) is 17.4 Å². The molecular weight excluding hydrogens is 399 g/mol. The number of benzene rings is 1. The molecule has 1 amide bonds. The van der Waals surface area contributed by atoms with Crippen LogP contribution in [0.4, 0.5) is 5.69 Å². The summed E-state index contributed by atoms with van der Waals surface area (Å²) in [7, 11) is 0. The molecule has 1 aromatic heterocycles. The van der Waals surface area contributed by atoms with E-state index in [1.807, 2.05) is 27.7 Å². The number of nitrogens with zero attached hydrogens (tertiary/aromatic N) is 3. The Morgan fingerprint density at radius 3 is 2.36 bits per heavy atom. The van der Waals surface area contributed by atoms with Crippen molar-refractivity contribution in [3.63, 3.8) is 0 Å². The topological polar surface area (TPSA) is 68.5 Å². The zero-order valence-corrected chi connectivity index (χ0v) is 17.5. The molecule has 1 N–H and O–H groups in total. The molecule has 1 aliphatic rings. The minimum atomic E-state index is -0.343. The lowest BCUT2D eigenvalue weighted by atomic mass is 9.49. The molecule has 28 heavy (non-hydrogen) atoms. The highest BCUT2D eigenvalue weighted by Crippen LogP contribution is 2.55. The van der Waals surface area contributed by atoms with Crippen molar-refractivity contribution >= 4 is 34.8 Å². The van der Waals surface area contributed by atoms with Gasteiger partial charge in [0.15, 0.2) is 10.8 Å². The third-order valence-electron chi connectivity index (χ3n) is 5.27. The van der Waals surface area contributed by atoms with E-state index in [0.29, 0.717) is 16.5 Å². The first-order valence-electron chi connectivity index (χ1n) is 8.71.